The minimum atomic E-state index is -0.0280. The second kappa shape index (κ2) is 7.50. The summed E-state index contributed by atoms with van der Waals surface area (Å²) in [6.45, 7) is 6.57. The molecule has 6 heteroatoms. The van der Waals surface area contributed by atoms with Crippen LogP contribution in [0.5, 0.6) is 0 Å². The van der Waals surface area contributed by atoms with E-state index in [2.05, 4.69) is 21.8 Å². The lowest BCUT2D eigenvalue weighted by Crippen LogP contribution is -2.47. The van der Waals surface area contributed by atoms with E-state index in [1.807, 2.05) is 30.0 Å². The number of hydrogen-bond acceptors (Lipinski definition) is 6. The predicted molar refractivity (Wildman–Crippen MR) is 97.5 cm³/mol. The average molecular weight is 359 g/mol. The van der Waals surface area contributed by atoms with Gasteiger partial charge in [0.1, 0.15) is 0 Å². The summed E-state index contributed by atoms with van der Waals surface area (Å²) >= 11 is 1.76. The zero-order valence-electron chi connectivity index (χ0n) is 14.7. The average Bonchev–Trinajstić information content (AvgIpc) is 3.21. The van der Waals surface area contributed by atoms with Crippen molar-refractivity contribution in [2.75, 3.05) is 19.7 Å². The molecule has 2 fully saturated rings. The molecular weight excluding hydrogens is 334 g/mol. The summed E-state index contributed by atoms with van der Waals surface area (Å²) in [5.74, 6) is 0. The quantitative estimate of drug-likeness (QED) is 0.820. The number of likely N-dealkylation sites (tertiary alicyclic amines) is 1. The van der Waals surface area contributed by atoms with Crippen molar-refractivity contribution < 1.29 is 9.47 Å². The molecule has 2 atom stereocenters. The minimum Gasteiger partial charge on any atom is -0.371 e. The van der Waals surface area contributed by atoms with E-state index < -0.39 is 0 Å². The molecule has 2 aliphatic heterocycles. The Labute approximate surface area is 153 Å². The molecule has 0 aromatic carbocycles. The zero-order valence-corrected chi connectivity index (χ0v) is 15.5. The first-order chi connectivity index (χ1) is 12.2. The Hall–Kier alpha value is -1.34. The Morgan fingerprint density at radius 3 is 3.08 bits per heavy atom. The van der Waals surface area contributed by atoms with Gasteiger partial charge in [0.15, 0.2) is 0 Å². The minimum absolute atomic E-state index is 0.0280. The van der Waals surface area contributed by atoms with Crippen LogP contribution in [0.25, 0.3) is 0 Å². The monoisotopic (exact) mass is 359 g/mol. The largest absolute Gasteiger partial charge is 0.371 e. The first kappa shape index (κ1) is 17.1. The molecule has 0 saturated carbocycles. The lowest BCUT2D eigenvalue weighted by atomic mass is 9.89. The Kier molecular flexibility index (Phi) is 5.12. The second-order valence-corrected chi connectivity index (χ2v) is 8.10. The molecule has 0 radical (unpaired) electrons. The maximum Gasteiger partial charge on any atom is 0.0841 e. The van der Waals surface area contributed by atoms with Crippen LogP contribution in [0.2, 0.25) is 0 Å². The van der Waals surface area contributed by atoms with Crippen molar-refractivity contribution in [1.29, 1.82) is 0 Å². The number of rotatable bonds is 5. The summed E-state index contributed by atoms with van der Waals surface area (Å²) in [5.41, 5.74) is 4.25. The lowest BCUT2D eigenvalue weighted by molar-refractivity contribution is -0.0546. The molecule has 0 aliphatic carbocycles. The van der Waals surface area contributed by atoms with Gasteiger partial charge in [0.05, 0.1) is 36.1 Å². The number of thiazole rings is 1. The molecular formula is C19H25N3O2S. The number of pyridine rings is 1. The van der Waals surface area contributed by atoms with Crippen molar-refractivity contribution >= 4 is 11.3 Å². The topological polar surface area (TPSA) is 47.5 Å². The van der Waals surface area contributed by atoms with Gasteiger partial charge >= 0.3 is 0 Å². The van der Waals surface area contributed by atoms with Crippen LogP contribution in [0.4, 0.5) is 0 Å². The van der Waals surface area contributed by atoms with Crippen molar-refractivity contribution in [2.45, 2.75) is 51.0 Å². The molecule has 0 N–H and O–H groups in total. The molecule has 0 amide bonds. The highest BCUT2D eigenvalue weighted by Gasteiger charge is 2.43. The number of piperidine rings is 1. The summed E-state index contributed by atoms with van der Waals surface area (Å²) in [5, 5.41) is 0. The van der Waals surface area contributed by atoms with Gasteiger partial charge in [-0.05, 0) is 44.0 Å². The van der Waals surface area contributed by atoms with E-state index in [-0.39, 0.29) is 11.7 Å². The highest BCUT2D eigenvalue weighted by molar-refractivity contribution is 7.09. The normalized spacial score (nSPS) is 27.2. The van der Waals surface area contributed by atoms with Gasteiger partial charge in [-0.2, -0.15) is 0 Å². The first-order valence-electron chi connectivity index (χ1n) is 8.98. The standard InChI is InChI=1S/C19H25N3O2S/c1-15-18(25-14-21-15)10-22-8-2-5-19(13-22)9-17(12-24-19)23-11-16-3-6-20-7-4-16/h3-4,6-7,14,17H,2,5,8-13H2,1H3/t17-,19-/m0/s1. The van der Waals surface area contributed by atoms with Crippen molar-refractivity contribution in [2.24, 2.45) is 0 Å². The van der Waals surface area contributed by atoms with Crippen LogP contribution in [0.3, 0.4) is 0 Å². The molecule has 5 nitrogen and oxygen atoms in total. The fourth-order valence-corrected chi connectivity index (χ4v) is 4.71. The first-order valence-corrected chi connectivity index (χ1v) is 9.86. The van der Waals surface area contributed by atoms with Gasteiger partial charge < -0.3 is 9.47 Å². The van der Waals surface area contributed by atoms with Crippen LogP contribution in [-0.2, 0) is 22.6 Å². The van der Waals surface area contributed by atoms with Gasteiger partial charge in [0.25, 0.3) is 0 Å². The van der Waals surface area contributed by atoms with Gasteiger partial charge in [-0.15, -0.1) is 11.3 Å². The van der Waals surface area contributed by atoms with E-state index in [1.165, 1.54) is 16.9 Å². The van der Waals surface area contributed by atoms with Crippen LogP contribution < -0.4 is 0 Å². The molecule has 25 heavy (non-hydrogen) atoms. The third-order valence-corrected chi connectivity index (χ3v) is 6.16. The van der Waals surface area contributed by atoms with E-state index >= 15 is 0 Å². The van der Waals surface area contributed by atoms with E-state index in [0.29, 0.717) is 13.2 Å². The third-order valence-electron chi connectivity index (χ3n) is 5.24. The lowest BCUT2D eigenvalue weighted by Gasteiger charge is -2.39. The highest BCUT2D eigenvalue weighted by Crippen LogP contribution is 2.36. The van der Waals surface area contributed by atoms with E-state index in [4.69, 9.17) is 9.47 Å². The molecule has 0 bridgehead atoms. The zero-order chi connectivity index (χ0) is 17.1. The number of nitrogens with zero attached hydrogens (tertiary/aromatic N) is 3. The Bertz CT molecular complexity index is 693. The van der Waals surface area contributed by atoms with Gasteiger partial charge in [-0.1, -0.05) is 0 Å². The number of aromatic nitrogens is 2. The van der Waals surface area contributed by atoms with Gasteiger partial charge in [-0.25, -0.2) is 4.98 Å². The SMILES string of the molecule is Cc1ncsc1CN1CCC[C@]2(C[C@H](OCc3ccncc3)CO2)C1. The molecule has 4 heterocycles. The van der Waals surface area contributed by atoms with E-state index in [0.717, 1.165) is 38.2 Å². The maximum atomic E-state index is 6.27. The number of hydrogen-bond donors (Lipinski definition) is 0. The van der Waals surface area contributed by atoms with Gasteiger partial charge in [0.2, 0.25) is 0 Å². The van der Waals surface area contributed by atoms with Crippen molar-refractivity contribution in [1.82, 2.24) is 14.9 Å². The molecule has 0 unspecified atom stereocenters. The molecule has 2 aliphatic rings. The van der Waals surface area contributed by atoms with Crippen LogP contribution >= 0.6 is 11.3 Å². The van der Waals surface area contributed by atoms with Crippen LogP contribution in [-0.4, -0.2) is 46.3 Å². The van der Waals surface area contributed by atoms with Gasteiger partial charge in [0, 0.05) is 36.8 Å². The fourth-order valence-electron chi connectivity index (χ4n) is 3.89. The molecule has 2 saturated heterocycles. The smallest absolute Gasteiger partial charge is 0.0841 e. The predicted octanol–water partition coefficient (Wildman–Crippen LogP) is 3.19. The van der Waals surface area contributed by atoms with Crippen molar-refractivity contribution in [3.63, 3.8) is 0 Å². The summed E-state index contributed by atoms with van der Waals surface area (Å²) < 4.78 is 12.4. The molecule has 1 spiro atoms. The van der Waals surface area contributed by atoms with Crippen molar-refractivity contribution in [3.05, 3.63) is 46.2 Å². The van der Waals surface area contributed by atoms with E-state index in [9.17, 15) is 0 Å². The second-order valence-electron chi connectivity index (χ2n) is 7.16. The van der Waals surface area contributed by atoms with Gasteiger partial charge in [-0.3, -0.25) is 9.88 Å². The summed E-state index contributed by atoms with van der Waals surface area (Å²) in [4.78, 5) is 12.3. The Morgan fingerprint density at radius 1 is 1.40 bits per heavy atom. The number of aryl methyl sites for hydroxylation is 1. The van der Waals surface area contributed by atoms with Crippen molar-refractivity contribution in [3.8, 4) is 0 Å². The van der Waals surface area contributed by atoms with E-state index in [1.54, 1.807) is 11.3 Å². The number of ether oxygens (including phenoxy) is 2. The van der Waals surface area contributed by atoms with Crippen LogP contribution in [0.15, 0.2) is 30.0 Å². The molecule has 2 aromatic rings. The maximum absolute atomic E-state index is 6.27. The van der Waals surface area contributed by atoms with Crippen LogP contribution in [0.1, 0.15) is 35.4 Å². The highest BCUT2D eigenvalue weighted by atomic mass is 32.1. The Morgan fingerprint density at radius 2 is 2.28 bits per heavy atom. The fraction of sp³-hybridized carbons (Fsp3) is 0.579. The molecule has 4 rings (SSSR count). The molecule has 134 valence electrons. The summed E-state index contributed by atoms with van der Waals surface area (Å²) in [7, 11) is 0. The summed E-state index contributed by atoms with van der Waals surface area (Å²) in [6, 6.07) is 4.01. The third kappa shape index (κ3) is 4.08. The van der Waals surface area contributed by atoms with Crippen LogP contribution in [0, 0.1) is 6.92 Å². The molecule has 2 aromatic heterocycles. The summed E-state index contributed by atoms with van der Waals surface area (Å²) in [6.07, 6.45) is 7.14. The Balaban J connectivity index is 1.32.